The van der Waals surface area contributed by atoms with Crippen LogP contribution in [-0.2, 0) is 11.2 Å². The van der Waals surface area contributed by atoms with E-state index >= 15 is 0 Å². The van der Waals surface area contributed by atoms with E-state index in [1.165, 1.54) is 22.7 Å². The SMILES string of the molecule is CCC(CC)C(CNC(=NC)NCCc1nc(C)c(C)s1)N1CCOCC1.I. The lowest BCUT2D eigenvalue weighted by Gasteiger charge is -2.39. The van der Waals surface area contributed by atoms with Gasteiger partial charge in [0.05, 0.1) is 23.9 Å². The van der Waals surface area contributed by atoms with Crippen molar-refractivity contribution in [1.29, 1.82) is 0 Å². The summed E-state index contributed by atoms with van der Waals surface area (Å²) in [6.07, 6.45) is 3.34. The molecule has 0 spiro atoms. The molecule has 0 bridgehead atoms. The summed E-state index contributed by atoms with van der Waals surface area (Å²) in [7, 11) is 1.84. The summed E-state index contributed by atoms with van der Waals surface area (Å²) in [4.78, 5) is 12.9. The molecule has 1 aliphatic rings. The van der Waals surface area contributed by atoms with E-state index < -0.39 is 0 Å². The zero-order valence-electron chi connectivity index (χ0n) is 18.1. The van der Waals surface area contributed by atoms with Crippen LogP contribution >= 0.6 is 35.3 Å². The molecule has 1 saturated heterocycles. The quantitative estimate of drug-likeness (QED) is 0.296. The number of aliphatic imine (C=N–C) groups is 1. The van der Waals surface area contributed by atoms with Crippen LogP contribution in [0.2, 0.25) is 0 Å². The molecule has 2 rings (SSSR count). The van der Waals surface area contributed by atoms with Crippen molar-refractivity contribution in [2.24, 2.45) is 10.9 Å². The number of hydrogen-bond acceptors (Lipinski definition) is 5. The maximum absolute atomic E-state index is 5.55. The Kier molecular flexibility index (Phi) is 12.5. The Morgan fingerprint density at radius 2 is 1.89 bits per heavy atom. The average molecular weight is 524 g/mol. The molecule has 28 heavy (non-hydrogen) atoms. The van der Waals surface area contributed by atoms with Crippen molar-refractivity contribution in [3.8, 4) is 0 Å². The van der Waals surface area contributed by atoms with Gasteiger partial charge in [0.2, 0.25) is 0 Å². The summed E-state index contributed by atoms with van der Waals surface area (Å²) in [5.74, 6) is 1.57. The van der Waals surface area contributed by atoms with Gasteiger partial charge < -0.3 is 15.4 Å². The Labute approximate surface area is 192 Å². The third-order valence-electron chi connectivity index (χ3n) is 5.51. The Morgan fingerprint density at radius 3 is 2.43 bits per heavy atom. The molecule has 0 amide bonds. The number of halogens is 1. The molecule has 0 aliphatic carbocycles. The van der Waals surface area contributed by atoms with Gasteiger partial charge >= 0.3 is 0 Å². The molecule has 162 valence electrons. The lowest BCUT2D eigenvalue weighted by molar-refractivity contribution is 0.00272. The third kappa shape index (κ3) is 7.76. The van der Waals surface area contributed by atoms with E-state index in [2.05, 4.69) is 53.2 Å². The molecule has 1 aromatic rings. The molecule has 2 N–H and O–H groups in total. The predicted molar refractivity (Wildman–Crippen MR) is 130 cm³/mol. The Hall–Kier alpha value is -0.450. The second-order valence-corrected chi connectivity index (χ2v) is 8.46. The van der Waals surface area contributed by atoms with Crippen LogP contribution in [0, 0.1) is 19.8 Å². The van der Waals surface area contributed by atoms with Gasteiger partial charge in [0.25, 0.3) is 0 Å². The van der Waals surface area contributed by atoms with E-state index in [-0.39, 0.29) is 24.0 Å². The van der Waals surface area contributed by atoms with Crippen molar-refractivity contribution in [3.05, 3.63) is 15.6 Å². The highest BCUT2D eigenvalue weighted by Crippen LogP contribution is 2.19. The van der Waals surface area contributed by atoms with Crippen LogP contribution in [0.4, 0.5) is 0 Å². The lowest BCUT2D eigenvalue weighted by Crippen LogP contribution is -2.53. The number of thiazole rings is 1. The molecule has 6 nitrogen and oxygen atoms in total. The summed E-state index contributed by atoms with van der Waals surface area (Å²) in [5.41, 5.74) is 1.15. The van der Waals surface area contributed by atoms with Crippen molar-refractivity contribution in [2.75, 3.05) is 46.4 Å². The number of rotatable bonds is 9. The van der Waals surface area contributed by atoms with Crippen molar-refractivity contribution >= 4 is 41.3 Å². The number of ether oxygens (including phenoxy) is 1. The standard InChI is InChI=1S/C20H37N5OS.HI/c1-6-17(7-2)18(25-10-12-26-13-11-25)14-23-20(21-5)22-9-8-19-24-15(3)16(4)27-19;/h17-18H,6-14H2,1-5H3,(H2,21,22,23);1H. The highest BCUT2D eigenvalue weighted by Gasteiger charge is 2.26. The monoisotopic (exact) mass is 523 g/mol. The van der Waals surface area contributed by atoms with E-state index in [1.54, 1.807) is 11.3 Å². The molecule has 0 aromatic carbocycles. The minimum absolute atomic E-state index is 0. The van der Waals surface area contributed by atoms with Crippen molar-refractivity contribution in [2.45, 2.75) is 53.0 Å². The number of aromatic nitrogens is 1. The molecule has 1 aromatic heterocycles. The fraction of sp³-hybridized carbons (Fsp3) is 0.800. The minimum Gasteiger partial charge on any atom is -0.379 e. The van der Waals surface area contributed by atoms with E-state index in [4.69, 9.17) is 4.74 Å². The predicted octanol–water partition coefficient (Wildman–Crippen LogP) is 3.22. The normalized spacial score (nSPS) is 16.7. The van der Waals surface area contributed by atoms with Crippen LogP contribution in [0.15, 0.2) is 4.99 Å². The van der Waals surface area contributed by atoms with Gasteiger partial charge in [-0.3, -0.25) is 9.89 Å². The van der Waals surface area contributed by atoms with Crippen molar-refractivity contribution in [3.63, 3.8) is 0 Å². The Morgan fingerprint density at radius 1 is 1.21 bits per heavy atom. The second-order valence-electron chi connectivity index (χ2n) is 7.17. The molecule has 0 radical (unpaired) electrons. The van der Waals surface area contributed by atoms with Crippen LogP contribution in [-0.4, -0.2) is 68.3 Å². The van der Waals surface area contributed by atoms with Crippen LogP contribution < -0.4 is 10.6 Å². The molecule has 8 heteroatoms. The third-order valence-corrected chi connectivity index (χ3v) is 6.65. The van der Waals surface area contributed by atoms with Gasteiger partial charge in [-0.2, -0.15) is 0 Å². The van der Waals surface area contributed by atoms with Gasteiger partial charge in [-0.05, 0) is 19.8 Å². The van der Waals surface area contributed by atoms with Crippen molar-refractivity contribution < 1.29 is 4.74 Å². The van der Waals surface area contributed by atoms with Crippen molar-refractivity contribution in [1.82, 2.24) is 20.5 Å². The lowest BCUT2D eigenvalue weighted by atomic mass is 9.92. The first-order chi connectivity index (χ1) is 13.1. The number of guanidine groups is 1. The van der Waals surface area contributed by atoms with Gasteiger partial charge in [-0.1, -0.05) is 26.7 Å². The topological polar surface area (TPSA) is 61.8 Å². The summed E-state index contributed by atoms with van der Waals surface area (Å²) in [6, 6.07) is 0.520. The summed E-state index contributed by atoms with van der Waals surface area (Å²) >= 11 is 1.79. The van der Waals surface area contributed by atoms with Crippen LogP contribution in [0.3, 0.4) is 0 Å². The molecule has 1 aliphatic heterocycles. The molecular weight excluding hydrogens is 485 g/mol. The molecular formula is C20H38IN5OS. The first kappa shape index (κ1) is 25.6. The summed E-state index contributed by atoms with van der Waals surface area (Å²) in [5, 5.41) is 8.19. The zero-order valence-corrected chi connectivity index (χ0v) is 21.2. The maximum Gasteiger partial charge on any atom is 0.191 e. The largest absolute Gasteiger partial charge is 0.379 e. The first-order valence-electron chi connectivity index (χ1n) is 10.3. The maximum atomic E-state index is 5.55. The number of nitrogens with zero attached hydrogens (tertiary/aromatic N) is 3. The summed E-state index contributed by atoms with van der Waals surface area (Å²) in [6.45, 7) is 14.3. The highest BCUT2D eigenvalue weighted by atomic mass is 127. The Bertz CT molecular complexity index is 566. The van der Waals surface area contributed by atoms with Gasteiger partial charge in [0.15, 0.2) is 5.96 Å². The number of morpholine rings is 1. The molecule has 1 fully saturated rings. The van der Waals surface area contributed by atoms with E-state index in [0.29, 0.717) is 12.0 Å². The minimum atomic E-state index is 0. The van der Waals surface area contributed by atoms with Gasteiger partial charge in [0.1, 0.15) is 0 Å². The highest BCUT2D eigenvalue weighted by molar-refractivity contribution is 14.0. The van der Waals surface area contributed by atoms with E-state index in [0.717, 1.165) is 57.5 Å². The van der Waals surface area contributed by atoms with Crippen LogP contribution in [0.5, 0.6) is 0 Å². The molecule has 0 saturated carbocycles. The first-order valence-corrected chi connectivity index (χ1v) is 11.1. The van der Waals surface area contributed by atoms with Gasteiger partial charge in [-0.25, -0.2) is 4.98 Å². The fourth-order valence-corrected chi connectivity index (χ4v) is 4.63. The van der Waals surface area contributed by atoms with Crippen LogP contribution in [0.25, 0.3) is 0 Å². The van der Waals surface area contributed by atoms with Gasteiger partial charge in [-0.15, -0.1) is 35.3 Å². The number of hydrogen-bond donors (Lipinski definition) is 2. The smallest absolute Gasteiger partial charge is 0.191 e. The number of nitrogens with one attached hydrogen (secondary N) is 2. The molecule has 1 atom stereocenters. The zero-order chi connectivity index (χ0) is 19.6. The molecule has 1 unspecified atom stereocenters. The van der Waals surface area contributed by atoms with Crippen LogP contribution in [0.1, 0.15) is 42.3 Å². The van der Waals surface area contributed by atoms with Gasteiger partial charge in [0, 0.05) is 50.6 Å². The average Bonchev–Trinajstić information content (AvgIpc) is 3.01. The van der Waals surface area contributed by atoms with E-state index in [9.17, 15) is 0 Å². The fourth-order valence-electron chi connectivity index (χ4n) is 3.69. The van der Waals surface area contributed by atoms with E-state index in [1.807, 2.05) is 7.05 Å². The number of aryl methyl sites for hydroxylation is 2. The second kappa shape index (κ2) is 13.7. The molecule has 2 heterocycles. The summed E-state index contributed by atoms with van der Waals surface area (Å²) < 4.78 is 5.55. The Balaban J connectivity index is 0.00000392.